The second-order valence-corrected chi connectivity index (χ2v) is 6.57. The summed E-state index contributed by atoms with van der Waals surface area (Å²) in [4.78, 5) is 0. The van der Waals surface area contributed by atoms with Gasteiger partial charge in [-0.2, -0.15) is 0 Å². The number of rotatable bonds is 8. The number of benzene rings is 2. The SMILES string of the molecule is CCC(C)CC(CC)Nc1ccc(Nc2ccc(C)cc2)cc1. The first-order chi connectivity index (χ1) is 11.1. The molecule has 2 atom stereocenters. The first-order valence-corrected chi connectivity index (χ1v) is 8.81. The normalized spacial score (nSPS) is 13.4. The third-order valence-electron chi connectivity index (χ3n) is 4.47. The molecule has 0 saturated carbocycles. The molecule has 2 unspecified atom stereocenters. The zero-order chi connectivity index (χ0) is 16.7. The summed E-state index contributed by atoms with van der Waals surface area (Å²) in [5.74, 6) is 0.773. The van der Waals surface area contributed by atoms with Gasteiger partial charge in [-0.25, -0.2) is 0 Å². The van der Waals surface area contributed by atoms with E-state index in [1.807, 2.05) is 0 Å². The second-order valence-electron chi connectivity index (χ2n) is 6.57. The average Bonchev–Trinajstić information content (AvgIpc) is 2.57. The molecule has 23 heavy (non-hydrogen) atoms. The van der Waals surface area contributed by atoms with Crippen LogP contribution in [0.2, 0.25) is 0 Å². The molecule has 2 aromatic carbocycles. The summed E-state index contributed by atoms with van der Waals surface area (Å²) < 4.78 is 0. The predicted octanol–water partition coefficient (Wildman–Crippen LogP) is 6.37. The van der Waals surface area contributed by atoms with Gasteiger partial charge in [0.2, 0.25) is 0 Å². The first-order valence-electron chi connectivity index (χ1n) is 8.81. The van der Waals surface area contributed by atoms with Crippen LogP contribution < -0.4 is 10.6 Å². The molecule has 0 aromatic heterocycles. The Labute approximate surface area is 141 Å². The molecule has 0 saturated heterocycles. The van der Waals surface area contributed by atoms with Gasteiger partial charge in [0, 0.05) is 23.1 Å². The Kier molecular flexibility index (Phi) is 6.52. The lowest BCUT2D eigenvalue weighted by Gasteiger charge is -2.21. The van der Waals surface area contributed by atoms with Crippen LogP contribution in [-0.4, -0.2) is 6.04 Å². The minimum absolute atomic E-state index is 0.556. The molecule has 2 rings (SSSR count). The fourth-order valence-corrected chi connectivity index (χ4v) is 2.67. The molecule has 124 valence electrons. The zero-order valence-corrected chi connectivity index (χ0v) is 14.9. The monoisotopic (exact) mass is 310 g/mol. The Morgan fingerprint density at radius 3 is 1.83 bits per heavy atom. The Morgan fingerprint density at radius 2 is 1.30 bits per heavy atom. The van der Waals surface area contributed by atoms with E-state index in [0.29, 0.717) is 6.04 Å². The molecule has 0 fully saturated rings. The van der Waals surface area contributed by atoms with E-state index < -0.39 is 0 Å². The van der Waals surface area contributed by atoms with E-state index in [1.54, 1.807) is 0 Å². The summed E-state index contributed by atoms with van der Waals surface area (Å²) >= 11 is 0. The molecular weight excluding hydrogens is 280 g/mol. The predicted molar refractivity (Wildman–Crippen MR) is 103 cm³/mol. The van der Waals surface area contributed by atoms with Crippen molar-refractivity contribution in [1.82, 2.24) is 0 Å². The van der Waals surface area contributed by atoms with Crippen LogP contribution in [-0.2, 0) is 0 Å². The highest BCUT2D eigenvalue weighted by Crippen LogP contribution is 2.21. The lowest BCUT2D eigenvalue weighted by atomic mass is 9.97. The molecule has 2 N–H and O–H groups in total. The molecule has 0 radical (unpaired) electrons. The van der Waals surface area contributed by atoms with Gasteiger partial charge in [0.25, 0.3) is 0 Å². The summed E-state index contributed by atoms with van der Waals surface area (Å²) in [7, 11) is 0. The Morgan fingerprint density at radius 1 is 0.783 bits per heavy atom. The van der Waals surface area contributed by atoms with Crippen LogP contribution in [0.1, 0.15) is 45.6 Å². The Balaban J connectivity index is 1.94. The van der Waals surface area contributed by atoms with E-state index in [1.165, 1.54) is 24.1 Å². The Hall–Kier alpha value is -1.96. The zero-order valence-electron chi connectivity index (χ0n) is 14.9. The van der Waals surface area contributed by atoms with Gasteiger partial charge >= 0.3 is 0 Å². The molecule has 2 heteroatoms. The highest BCUT2D eigenvalue weighted by molar-refractivity contribution is 5.62. The fourth-order valence-electron chi connectivity index (χ4n) is 2.67. The van der Waals surface area contributed by atoms with Gasteiger partial charge in [-0.3, -0.25) is 0 Å². The number of hydrogen-bond acceptors (Lipinski definition) is 2. The van der Waals surface area contributed by atoms with Crippen LogP contribution in [0.15, 0.2) is 48.5 Å². The first kappa shape index (κ1) is 17.4. The highest BCUT2D eigenvalue weighted by Gasteiger charge is 2.10. The van der Waals surface area contributed by atoms with Gasteiger partial charge in [-0.1, -0.05) is 44.9 Å². The molecule has 0 aliphatic carbocycles. The molecule has 2 nitrogen and oxygen atoms in total. The summed E-state index contributed by atoms with van der Waals surface area (Å²) in [6.45, 7) is 8.96. The van der Waals surface area contributed by atoms with Crippen LogP contribution in [0, 0.1) is 12.8 Å². The lowest BCUT2D eigenvalue weighted by molar-refractivity contribution is 0.462. The van der Waals surface area contributed by atoms with Crippen LogP contribution in [0.25, 0.3) is 0 Å². The summed E-state index contributed by atoms with van der Waals surface area (Å²) in [5.41, 5.74) is 4.73. The minimum atomic E-state index is 0.556. The van der Waals surface area contributed by atoms with E-state index in [-0.39, 0.29) is 0 Å². The summed E-state index contributed by atoms with van der Waals surface area (Å²) in [5, 5.41) is 7.10. The molecule has 0 aliphatic heterocycles. The van der Waals surface area contributed by atoms with E-state index >= 15 is 0 Å². The lowest BCUT2D eigenvalue weighted by Crippen LogP contribution is -2.21. The van der Waals surface area contributed by atoms with Gasteiger partial charge in [-0.05, 0) is 62.1 Å². The van der Waals surface area contributed by atoms with Gasteiger partial charge in [0.1, 0.15) is 0 Å². The molecule has 2 aromatic rings. The fraction of sp³-hybridized carbons (Fsp3) is 0.429. The molecule has 0 amide bonds. The maximum atomic E-state index is 3.66. The van der Waals surface area contributed by atoms with Crippen LogP contribution in [0.5, 0.6) is 0 Å². The Bertz CT molecular complexity index is 572. The third-order valence-corrected chi connectivity index (χ3v) is 4.47. The maximum Gasteiger partial charge on any atom is 0.0385 e. The maximum absolute atomic E-state index is 3.66. The van der Waals surface area contributed by atoms with Crippen molar-refractivity contribution in [3.63, 3.8) is 0 Å². The summed E-state index contributed by atoms with van der Waals surface area (Å²) in [6.07, 6.45) is 3.64. The van der Waals surface area contributed by atoms with Gasteiger partial charge in [0.05, 0.1) is 0 Å². The van der Waals surface area contributed by atoms with Gasteiger partial charge in [0.15, 0.2) is 0 Å². The van der Waals surface area contributed by atoms with Gasteiger partial charge < -0.3 is 10.6 Å². The number of aryl methyl sites for hydroxylation is 1. The van der Waals surface area contributed by atoms with Crippen LogP contribution in [0.4, 0.5) is 17.1 Å². The average molecular weight is 310 g/mol. The molecule has 0 heterocycles. The molecule has 0 spiro atoms. The van der Waals surface area contributed by atoms with Crippen molar-refractivity contribution >= 4 is 17.1 Å². The van der Waals surface area contributed by atoms with E-state index in [9.17, 15) is 0 Å². The minimum Gasteiger partial charge on any atom is -0.382 e. The standard InChI is InChI=1S/C21H30N2/c1-5-16(3)15-18(6-2)22-20-11-13-21(14-12-20)23-19-9-7-17(4)8-10-19/h7-14,16,18,22-23H,5-6,15H2,1-4H3. The molecule has 0 bridgehead atoms. The summed E-state index contributed by atoms with van der Waals surface area (Å²) in [6, 6.07) is 17.6. The van der Waals surface area contributed by atoms with Crippen LogP contribution in [0.3, 0.4) is 0 Å². The van der Waals surface area contributed by atoms with E-state index in [0.717, 1.165) is 23.7 Å². The quantitative estimate of drug-likeness (QED) is 0.592. The van der Waals surface area contributed by atoms with Crippen molar-refractivity contribution in [1.29, 1.82) is 0 Å². The number of hydrogen-bond donors (Lipinski definition) is 2. The molecule has 0 aliphatic rings. The number of anilines is 3. The van der Waals surface area contributed by atoms with E-state index in [4.69, 9.17) is 0 Å². The highest BCUT2D eigenvalue weighted by atomic mass is 14.9. The second kappa shape index (κ2) is 8.61. The molecular formula is C21H30N2. The van der Waals surface area contributed by atoms with Crippen molar-refractivity contribution in [2.24, 2.45) is 5.92 Å². The van der Waals surface area contributed by atoms with Crippen molar-refractivity contribution in [3.8, 4) is 0 Å². The third kappa shape index (κ3) is 5.63. The van der Waals surface area contributed by atoms with Crippen molar-refractivity contribution < 1.29 is 0 Å². The smallest absolute Gasteiger partial charge is 0.0385 e. The van der Waals surface area contributed by atoms with E-state index in [2.05, 4.69) is 86.9 Å². The van der Waals surface area contributed by atoms with Crippen molar-refractivity contribution in [2.75, 3.05) is 10.6 Å². The van der Waals surface area contributed by atoms with Crippen molar-refractivity contribution in [3.05, 3.63) is 54.1 Å². The van der Waals surface area contributed by atoms with Crippen molar-refractivity contribution in [2.45, 2.75) is 53.0 Å². The van der Waals surface area contributed by atoms with Crippen LogP contribution >= 0.6 is 0 Å². The number of nitrogens with one attached hydrogen (secondary N) is 2. The topological polar surface area (TPSA) is 24.1 Å². The van der Waals surface area contributed by atoms with Gasteiger partial charge in [-0.15, -0.1) is 0 Å². The largest absolute Gasteiger partial charge is 0.382 e.